The van der Waals surface area contributed by atoms with Crippen LogP contribution in [0.15, 0.2) is 36.4 Å². The van der Waals surface area contributed by atoms with Crippen molar-refractivity contribution in [3.05, 3.63) is 41.0 Å². The lowest BCUT2D eigenvalue weighted by Gasteiger charge is -2.33. The molecule has 1 heterocycles. The van der Waals surface area contributed by atoms with Gasteiger partial charge in [-0.3, -0.25) is 0 Å². The molecule has 0 amide bonds. The third-order valence-electron chi connectivity index (χ3n) is 5.03. The standard InChI is InChI=1S/C20H26N2OS2/c1-21(17-9-3-2-4-10-17)19(24)12-7-15-23-22-18-11-6-5-8-16(18)13-14-20(22)25/h5-6,8,11,13-14,17H,2-4,7,9-10,12,15H2,1H3. The van der Waals surface area contributed by atoms with E-state index in [0.717, 1.165) is 28.7 Å². The lowest BCUT2D eigenvalue weighted by Crippen LogP contribution is -2.37. The highest BCUT2D eigenvalue weighted by atomic mass is 32.1. The Hall–Kier alpha value is -1.46. The maximum absolute atomic E-state index is 5.96. The quantitative estimate of drug-likeness (QED) is 0.512. The van der Waals surface area contributed by atoms with E-state index in [0.29, 0.717) is 17.3 Å². The first-order chi connectivity index (χ1) is 12.2. The minimum Gasteiger partial charge on any atom is -0.412 e. The highest BCUT2D eigenvalue weighted by Gasteiger charge is 2.19. The fourth-order valence-corrected chi connectivity index (χ4v) is 4.03. The zero-order valence-corrected chi connectivity index (χ0v) is 16.5. The van der Waals surface area contributed by atoms with Crippen molar-refractivity contribution in [2.75, 3.05) is 13.7 Å². The summed E-state index contributed by atoms with van der Waals surface area (Å²) in [6, 6.07) is 12.7. The van der Waals surface area contributed by atoms with Crippen molar-refractivity contribution in [2.45, 2.75) is 51.0 Å². The third kappa shape index (κ3) is 4.59. The first kappa shape index (κ1) is 18.3. The number of hydrogen-bond acceptors (Lipinski definition) is 3. The van der Waals surface area contributed by atoms with Crippen LogP contribution in [0.1, 0.15) is 44.9 Å². The Morgan fingerprint density at radius 3 is 2.72 bits per heavy atom. The summed E-state index contributed by atoms with van der Waals surface area (Å²) in [5, 5.41) is 1.13. The number of hydrogen-bond donors (Lipinski definition) is 0. The molecule has 3 nitrogen and oxygen atoms in total. The van der Waals surface area contributed by atoms with Crippen LogP contribution in [-0.2, 0) is 0 Å². The predicted molar refractivity (Wildman–Crippen MR) is 111 cm³/mol. The van der Waals surface area contributed by atoms with Crippen LogP contribution in [0, 0.1) is 4.64 Å². The molecule has 3 rings (SSSR count). The molecule has 0 radical (unpaired) electrons. The van der Waals surface area contributed by atoms with E-state index in [1.807, 2.05) is 30.3 Å². The van der Waals surface area contributed by atoms with E-state index in [9.17, 15) is 0 Å². The average molecular weight is 375 g/mol. The van der Waals surface area contributed by atoms with Gasteiger partial charge in [0, 0.05) is 24.9 Å². The molecule has 5 heteroatoms. The molecule has 25 heavy (non-hydrogen) atoms. The Morgan fingerprint density at radius 2 is 1.92 bits per heavy atom. The molecule has 0 saturated heterocycles. The van der Waals surface area contributed by atoms with Crippen LogP contribution in [0.5, 0.6) is 0 Å². The van der Waals surface area contributed by atoms with Gasteiger partial charge in [0.1, 0.15) is 11.2 Å². The van der Waals surface area contributed by atoms with Crippen molar-refractivity contribution in [3.8, 4) is 0 Å². The summed E-state index contributed by atoms with van der Waals surface area (Å²) >= 11 is 11.0. The van der Waals surface area contributed by atoms with Gasteiger partial charge < -0.3 is 9.74 Å². The molecule has 0 spiro atoms. The molecular weight excluding hydrogens is 348 g/mol. The second kappa shape index (κ2) is 8.77. The maximum atomic E-state index is 5.96. The smallest absolute Gasteiger partial charge is 0.143 e. The van der Waals surface area contributed by atoms with Crippen molar-refractivity contribution >= 4 is 40.3 Å². The highest BCUT2D eigenvalue weighted by molar-refractivity contribution is 7.80. The van der Waals surface area contributed by atoms with Crippen LogP contribution in [0.2, 0.25) is 0 Å². The van der Waals surface area contributed by atoms with Gasteiger partial charge in [0.05, 0.1) is 10.5 Å². The second-order valence-electron chi connectivity index (χ2n) is 6.76. The van der Waals surface area contributed by atoms with Gasteiger partial charge in [-0.2, -0.15) is 4.73 Å². The van der Waals surface area contributed by atoms with Gasteiger partial charge in [0.15, 0.2) is 0 Å². The van der Waals surface area contributed by atoms with E-state index >= 15 is 0 Å². The first-order valence-corrected chi connectivity index (χ1v) is 9.98. The second-order valence-corrected chi connectivity index (χ2v) is 7.65. The summed E-state index contributed by atoms with van der Waals surface area (Å²) in [6.07, 6.45) is 8.38. The Balaban J connectivity index is 1.52. The molecule has 2 aromatic rings. The number of thiocarbonyl (C=S) groups is 1. The summed E-state index contributed by atoms with van der Waals surface area (Å²) in [4.78, 5) is 9.33. The molecule has 0 atom stereocenters. The van der Waals surface area contributed by atoms with E-state index in [4.69, 9.17) is 29.3 Å². The summed E-state index contributed by atoms with van der Waals surface area (Å²) in [6.45, 7) is 0.612. The van der Waals surface area contributed by atoms with Crippen molar-refractivity contribution < 1.29 is 4.84 Å². The summed E-state index contributed by atoms with van der Waals surface area (Å²) in [7, 11) is 2.15. The first-order valence-electron chi connectivity index (χ1n) is 9.16. The molecular formula is C20H26N2OS2. The molecule has 1 aliphatic rings. The number of fused-ring (bicyclic) bond motifs is 1. The van der Waals surface area contributed by atoms with E-state index in [1.54, 1.807) is 4.73 Å². The summed E-state index contributed by atoms with van der Waals surface area (Å²) < 4.78 is 2.46. The molecule has 0 N–H and O–H groups in total. The predicted octanol–water partition coefficient (Wildman–Crippen LogP) is 5.17. The number of para-hydroxylation sites is 1. The van der Waals surface area contributed by atoms with Crippen molar-refractivity contribution in [1.82, 2.24) is 9.63 Å². The Kier molecular flexibility index (Phi) is 6.43. The molecule has 134 valence electrons. The van der Waals surface area contributed by atoms with E-state index in [1.165, 1.54) is 32.1 Å². The van der Waals surface area contributed by atoms with Crippen LogP contribution >= 0.6 is 24.4 Å². The molecule has 1 fully saturated rings. The largest absolute Gasteiger partial charge is 0.412 e. The van der Waals surface area contributed by atoms with Crippen molar-refractivity contribution in [3.63, 3.8) is 0 Å². The summed E-state index contributed by atoms with van der Waals surface area (Å²) in [5.74, 6) is 0. The number of benzene rings is 1. The normalized spacial score (nSPS) is 15.2. The summed E-state index contributed by atoms with van der Waals surface area (Å²) in [5.41, 5.74) is 1.01. The minimum absolute atomic E-state index is 0.612. The molecule has 1 aliphatic carbocycles. The van der Waals surface area contributed by atoms with Gasteiger partial charge in [0.2, 0.25) is 0 Å². The number of aromatic nitrogens is 1. The van der Waals surface area contributed by atoms with Crippen LogP contribution < -0.4 is 4.84 Å². The highest BCUT2D eigenvalue weighted by Crippen LogP contribution is 2.22. The van der Waals surface area contributed by atoms with Crippen molar-refractivity contribution in [2.24, 2.45) is 0 Å². The SMILES string of the molecule is CN(C(=S)CCCOn1c(=S)ccc2ccccc21)C1CCCCC1. The fraction of sp³-hybridized carbons (Fsp3) is 0.500. The van der Waals surface area contributed by atoms with Gasteiger partial charge in [-0.15, -0.1) is 0 Å². The average Bonchev–Trinajstić information content (AvgIpc) is 2.66. The number of nitrogens with zero attached hydrogens (tertiary/aromatic N) is 2. The van der Waals surface area contributed by atoms with Gasteiger partial charge in [-0.25, -0.2) is 0 Å². The topological polar surface area (TPSA) is 17.4 Å². The number of rotatable bonds is 6. The van der Waals surface area contributed by atoms with Crippen LogP contribution in [-0.4, -0.2) is 34.3 Å². The van der Waals surface area contributed by atoms with Gasteiger partial charge in [0.25, 0.3) is 0 Å². The number of pyridine rings is 1. The fourth-order valence-electron chi connectivity index (χ4n) is 3.52. The molecule has 1 aromatic heterocycles. The molecule has 0 aliphatic heterocycles. The Bertz CT molecular complexity index is 781. The molecule has 0 unspecified atom stereocenters. The van der Waals surface area contributed by atoms with Crippen molar-refractivity contribution in [1.29, 1.82) is 0 Å². The molecule has 1 aromatic carbocycles. The van der Waals surface area contributed by atoms with Crippen LogP contribution in [0.25, 0.3) is 10.9 Å². The Labute approximate surface area is 160 Å². The van der Waals surface area contributed by atoms with Crippen LogP contribution in [0.3, 0.4) is 0 Å². The lowest BCUT2D eigenvalue weighted by molar-refractivity contribution is 0.114. The van der Waals surface area contributed by atoms with E-state index < -0.39 is 0 Å². The van der Waals surface area contributed by atoms with E-state index in [2.05, 4.69) is 18.0 Å². The molecule has 1 saturated carbocycles. The lowest BCUT2D eigenvalue weighted by atomic mass is 9.94. The maximum Gasteiger partial charge on any atom is 0.143 e. The zero-order valence-electron chi connectivity index (χ0n) is 14.8. The van der Waals surface area contributed by atoms with Crippen LogP contribution in [0.4, 0.5) is 0 Å². The van der Waals surface area contributed by atoms with Gasteiger partial charge in [-0.05, 0) is 37.5 Å². The third-order valence-corrected chi connectivity index (χ3v) is 5.83. The monoisotopic (exact) mass is 374 g/mol. The zero-order chi connectivity index (χ0) is 17.6. The van der Waals surface area contributed by atoms with Gasteiger partial charge >= 0.3 is 0 Å². The Morgan fingerprint density at radius 1 is 1.16 bits per heavy atom. The molecule has 0 bridgehead atoms. The van der Waals surface area contributed by atoms with Gasteiger partial charge in [-0.1, -0.05) is 61.9 Å². The minimum atomic E-state index is 0.612. The van der Waals surface area contributed by atoms with E-state index in [-0.39, 0.29) is 0 Å².